The Hall–Kier alpha value is -0.920. The Morgan fingerprint density at radius 2 is 2.31 bits per heavy atom. The van der Waals surface area contributed by atoms with Gasteiger partial charge in [-0.1, -0.05) is 19.4 Å². The van der Waals surface area contributed by atoms with Gasteiger partial charge in [0.25, 0.3) is 0 Å². The molecule has 16 heavy (non-hydrogen) atoms. The van der Waals surface area contributed by atoms with Crippen LogP contribution in [0.3, 0.4) is 0 Å². The minimum absolute atomic E-state index is 0.311. The van der Waals surface area contributed by atoms with Crippen molar-refractivity contribution in [1.82, 2.24) is 5.32 Å². The average Bonchev–Trinajstić information content (AvgIpc) is 2.29. The number of rotatable bonds is 5. The highest BCUT2D eigenvalue weighted by atomic mass is 79.9. The fourth-order valence-electron chi connectivity index (χ4n) is 1.35. The summed E-state index contributed by atoms with van der Waals surface area (Å²) in [5.41, 5.74) is 0.784. The molecule has 0 fully saturated rings. The third-order valence-corrected chi connectivity index (χ3v) is 2.89. The van der Waals surface area contributed by atoms with Gasteiger partial charge in [0.2, 0.25) is 0 Å². The topological polar surface area (TPSA) is 35.8 Å². The molecule has 0 heterocycles. The highest BCUT2D eigenvalue weighted by Gasteiger charge is 2.10. The fraction of sp³-hybridized carbons (Fsp3) is 0.417. The van der Waals surface area contributed by atoms with E-state index in [-0.39, 0.29) is 11.9 Å². The number of nitriles is 1. The van der Waals surface area contributed by atoms with Crippen molar-refractivity contribution in [3.05, 3.63) is 34.1 Å². The molecule has 1 unspecified atom stereocenters. The highest BCUT2D eigenvalue weighted by molar-refractivity contribution is 9.10. The van der Waals surface area contributed by atoms with Crippen LogP contribution in [0.25, 0.3) is 0 Å². The maximum Gasteiger partial charge on any atom is 0.137 e. The number of unbranched alkanes of at least 4 members (excludes halogenated alkanes) is 1. The SMILES string of the molecule is CCCCNC(C#N)c1ccc(F)c(Br)c1. The molecule has 0 amide bonds. The quantitative estimate of drug-likeness (QED) is 0.840. The molecule has 0 aliphatic carbocycles. The van der Waals surface area contributed by atoms with Gasteiger partial charge < -0.3 is 0 Å². The maximum atomic E-state index is 13.0. The summed E-state index contributed by atoms with van der Waals surface area (Å²) in [6, 6.07) is 6.44. The molecule has 0 saturated carbocycles. The molecule has 0 aromatic heterocycles. The molecule has 1 atom stereocenters. The lowest BCUT2D eigenvalue weighted by atomic mass is 10.1. The molecule has 0 radical (unpaired) electrons. The molecule has 2 nitrogen and oxygen atoms in total. The summed E-state index contributed by atoms with van der Waals surface area (Å²) in [6.07, 6.45) is 2.11. The minimum Gasteiger partial charge on any atom is -0.298 e. The summed E-state index contributed by atoms with van der Waals surface area (Å²) < 4.78 is 13.4. The Balaban J connectivity index is 2.72. The predicted octanol–water partition coefficient (Wildman–Crippen LogP) is 3.54. The van der Waals surface area contributed by atoms with Gasteiger partial charge in [0.15, 0.2) is 0 Å². The van der Waals surface area contributed by atoms with Crippen molar-refractivity contribution in [2.24, 2.45) is 0 Å². The molecular weight excluding hydrogens is 271 g/mol. The summed E-state index contributed by atoms with van der Waals surface area (Å²) >= 11 is 3.11. The van der Waals surface area contributed by atoms with E-state index < -0.39 is 0 Å². The molecule has 1 rings (SSSR count). The number of hydrogen-bond donors (Lipinski definition) is 1. The van der Waals surface area contributed by atoms with Crippen molar-refractivity contribution in [3.63, 3.8) is 0 Å². The lowest BCUT2D eigenvalue weighted by molar-refractivity contribution is 0.591. The van der Waals surface area contributed by atoms with E-state index in [0.29, 0.717) is 4.47 Å². The van der Waals surface area contributed by atoms with Gasteiger partial charge in [-0.05, 0) is 46.6 Å². The monoisotopic (exact) mass is 284 g/mol. The normalized spacial score (nSPS) is 12.1. The molecule has 0 saturated heterocycles. The Morgan fingerprint density at radius 1 is 1.56 bits per heavy atom. The largest absolute Gasteiger partial charge is 0.298 e. The molecule has 1 aromatic rings. The van der Waals surface area contributed by atoms with E-state index >= 15 is 0 Å². The molecular formula is C12H14BrFN2. The van der Waals surface area contributed by atoms with Crippen LogP contribution in [0.2, 0.25) is 0 Å². The van der Waals surface area contributed by atoms with E-state index in [9.17, 15) is 4.39 Å². The number of halogens is 2. The van der Waals surface area contributed by atoms with Crippen LogP contribution in [0.1, 0.15) is 31.4 Å². The van der Waals surface area contributed by atoms with Crippen molar-refractivity contribution >= 4 is 15.9 Å². The first-order valence-corrected chi connectivity index (χ1v) is 6.06. The van der Waals surface area contributed by atoms with Gasteiger partial charge in [0.05, 0.1) is 10.5 Å². The van der Waals surface area contributed by atoms with E-state index in [2.05, 4.69) is 34.2 Å². The van der Waals surface area contributed by atoms with Gasteiger partial charge in [-0.2, -0.15) is 5.26 Å². The molecule has 86 valence electrons. The Morgan fingerprint density at radius 3 is 2.88 bits per heavy atom. The van der Waals surface area contributed by atoms with E-state index in [1.807, 2.05) is 0 Å². The molecule has 1 aromatic carbocycles. The summed E-state index contributed by atoms with van der Waals surface area (Å²) in [6.45, 7) is 2.89. The number of nitrogens with one attached hydrogen (secondary N) is 1. The number of nitrogens with zero attached hydrogens (tertiary/aromatic N) is 1. The van der Waals surface area contributed by atoms with Crippen molar-refractivity contribution in [2.75, 3.05) is 6.54 Å². The summed E-state index contributed by atoms with van der Waals surface area (Å²) in [7, 11) is 0. The van der Waals surface area contributed by atoms with Crippen LogP contribution in [-0.2, 0) is 0 Å². The standard InChI is InChI=1S/C12H14BrFN2/c1-2-3-6-16-12(8-15)9-4-5-11(14)10(13)7-9/h4-5,7,12,16H,2-3,6H2,1H3. The maximum absolute atomic E-state index is 13.0. The Bertz CT molecular complexity index is 387. The first-order chi connectivity index (χ1) is 7.69. The zero-order chi connectivity index (χ0) is 12.0. The third kappa shape index (κ3) is 3.58. The zero-order valence-corrected chi connectivity index (χ0v) is 10.7. The lowest BCUT2D eigenvalue weighted by Crippen LogP contribution is -2.21. The van der Waals surface area contributed by atoms with Crippen molar-refractivity contribution < 1.29 is 4.39 Å². The fourth-order valence-corrected chi connectivity index (χ4v) is 1.75. The average molecular weight is 285 g/mol. The van der Waals surface area contributed by atoms with Crippen molar-refractivity contribution in [2.45, 2.75) is 25.8 Å². The molecule has 0 aliphatic heterocycles. The van der Waals surface area contributed by atoms with Crippen LogP contribution in [0.4, 0.5) is 4.39 Å². The highest BCUT2D eigenvalue weighted by Crippen LogP contribution is 2.21. The molecule has 0 spiro atoms. The van der Waals surface area contributed by atoms with Gasteiger partial charge in [0.1, 0.15) is 11.9 Å². The molecule has 4 heteroatoms. The number of hydrogen-bond acceptors (Lipinski definition) is 2. The summed E-state index contributed by atoms with van der Waals surface area (Å²) in [4.78, 5) is 0. The van der Waals surface area contributed by atoms with Crippen LogP contribution >= 0.6 is 15.9 Å². The van der Waals surface area contributed by atoms with Crippen molar-refractivity contribution in [1.29, 1.82) is 5.26 Å². The van der Waals surface area contributed by atoms with Crippen LogP contribution < -0.4 is 5.32 Å². The molecule has 0 aliphatic rings. The van der Waals surface area contributed by atoms with E-state index in [4.69, 9.17) is 5.26 Å². The first-order valence-electron chi connectivity index (χ1n) is 5.27. The molecule has 1 N–H and O–H groups in total. The second-order valence-electron chi connectivity index (χ2n) is 3.54. The van der Waals surface area contributed by atoms with E-state index in [1.54, 1.807) is 12.1 Å². The van der Waals surface area contributed by atoms with E-state index in [0.717, 1.165) is 24.9 Å². The lowest BCUT2D eigenvalue weighted by Gasteiger charge is -2.11. The van der Waals surface area contributed by atoms with Crippen LogP contribution in [0.5, 0.6) is 0 Å². The van der Waals surface area contributed by atoms with E-state index in [1.165, 1.54) is 6.07 Å². The zero-order valence-electron chi connectivity index (χ0n) is 9.13. The van der Waals surface area contributed by atoms with Gasteiger partial charge in [0, 0.05) is 0 Å². The van der Waals surface area contributed by atoms with Gasteiger partial charge >= 0.3 is 0 Å². The van der Waals surface area contributed by atoms with Crippen LogP contribution in [-0.4, -0.2) is 6.54 Å². The third-order valence-electron chi connectivity index (χ3n) is 2.28. The summed E-state index contributed by atoms with van der Waals surface area (Å²) in [5.74, 6) is -0.311. The van der Waals surface area contributed by atoms with Crippen LogP contribution in [0.15, 0.2) is 22.7 Å². The Labute approximate surface area is 104 Å². The van der Waals surface area contributed by atoms with Crippen molar-refractivity contribution in [3.8, 4) is 6.07 Å². The second-order valence-corrected chi connectivity index (χ2v) is 4.40. The van der Waals surface area contributed by atoms with Gasteiger partial charge in [-0.3, -0.25) is 5.32 Å². The smallest absolute Gasteiger partial charge is 0.137 e. The van der Waals surface area contributed by atoms with Gasteiger partial charge in [-0.25, -0.2) is 4.39 Å². The van der Waals surface area contributed by atoms with Gasteiger partial charge in [-0.15, -0.1) is 0 Å². The second kappa shape index (κ2) is 6.62. The molecule has 0 bridgehead atoms. The minimum atomic E-state index is -0.372. The Kier molecular flexibility index (Phi) is 5.44. The summed E-state index contributed by atoms with van der Waals surface area (Å²) in [5, 5.41) is 12.1. The first kappa shape index (κ1) is 13.1. The predicted molar refractivity (Wildman–Crippen MR) is 65.4 cm³/mol. The van der Waals surface area contributed by atoms with Crippen LogP contribution in [0, 0.1) is 17.1 Å². The number of benzene rings is 1.